The van der Waals surface area contributed by atoms with Crippen LogP contribution in [0.4, 0.5) is 0 Å². The molecule has 0 radical (unpaired) electrons. The minimum Gasteiger partial charge on any atom is -0.259 e. The van der Waals surface area contributed by atoms with Gasteiger partial charge in [-0.3, -0.25) is 29.4 Å². The van der Waals surface area contributed by atoms with Crippen molar-refractivity contribution in [3.05, 3.63) is 0 Å². The molecule has 0 saturated carbocycles. The van der Waals surface area contributed by atoms with Crippen molar-refractivity contribution in [1.82, 2.24) is 29.4 Å². The third-order valence-electron chi connectivity index (χ3n) is 4.92. The van der Waals surface area contributed by atoms with Crippen molar-refractivity contribution in [2.24, 2.45) is 0 Å². The topological polar surface area (TPSA) is 19.4 Å². The first-order chi connectivity index (χ1) is 7.90. The van der Waals surface area contributed by atoms with Gasteiger partial charge in [-0.15, -0.1) is 0 Å². The molecule has 3 fully saturated rings. The van der Waals surface area contributed by atoms with Gasteiger partial charge in [-0.25, -0.2) is 0 Å². The van der Waals surface area contributed by atoms with E-state index >= 15 is 0 Å². The van der Waals surface area contributed by atoms with E-state index in [1.165, 1.54) is 0 Å². The summed E-state index contributed by atoms with van der Waals surface area (Å²) in [6, 6.07) is 0. The van der Waals surface area contributed by atoms with Gasteiger partial charge >= 0.3 is 0 Å². The maximum atomic E-state index is 2.46. The monoisotopic (exact) mass is 240 g/mol. The van der Waals surface area contributed by atoms with E-state index in [0.29, 0.717) is 0 Å². The molecule has 3 aliphatic heterocycles. The van der Waals surface area contributed by atoms with Crippen LogP contribution in [0.1, 0.15) is 0 Å². The molecule has 0 aromatic rings. The van der Waals surface area contributed by atoms with Crippen molar-refractivity contribution < 1.29 is 0 Å². The Bertz CT molecular complexity index is 267. The fourth-order valence-electron chi connectivity index (χ4n) is 4.83. The number of likely N-dealkylation sites (N-methyl/N-ethyl adjacent to an activating group) is 6. The standard InChI is InChI=1S/C11H24N6/c1-12-7-13(2)11-10(12,14(3)8-16(11)5)15(4)9-17(11)6/h7-9H2,1-6H3. The smallest absolute Gasteiger partial charge is 0.181 e. The summed E-state index contributed by atoms with van der Waals surface area (Å²) < 4.78 is 0. The third-order valence-corrected chi connectivity index (χ3v) is 4.92. The van der Waals surface area contributed by atoms with Crippen LogP contribution >= 0.6 is 0 Å². The quantitative estimate of drug-likeness (QED) is 0.526. The normalized spacial score (nSPS) is 46.9. The summed E-state index contributed by atoms with van der Waals surface area (Å²) in [5, 5.41) is 0. The fourth-order valence-corrected chi connectivity index (χ4v) is 4.83. The van der Waals surface area contributed by atoms with Crippen molar-refractivity contribution in [2.45, 2.75) is 11.6 Å². The van der Waals surface area contributed by atoms with Crippen LogP contribution in [-0.4, -0.2) is 103 Å². The molecule has 0 bridgehead atoms. The van der Waals surface area contributed by atoms with Crippen LogP contribution in [0.15, 0.2) is 0 Å². The summed E-state index contributed by atoms with van der Waals surface area (Å²) in [5.74, 6) is -0.0729. The number of rotatable bonds is 0. The summed E-state index contributed by atoms with van der Waals surface area (Å²) in [7, 11) is 13.4. The highest BCUT2D eigenvalue weighted by Crippen LogP contribution is 2.53. The largest absolute Gasteiger partial charge is 0.259 e. The van der Waals surface area contributed by atoms with Crippen LogP contribution in [0.2, 0.25) is 0 Å². The highest BCUT2D eigenvalue weighted by atomic mass is 15.9. The van der Waals surface area contributed by atoms with Gasteiger partial charge in [-0.2, -0.15) is 0 Å². The predicted molar refractivity (Wildman–Crippen MR) is 66.6 cm³/mol. The Labute approximate surface area is 104 Å². The molecule has 0 aliphatic carbocycles. The lowest BCUT2D eigenvalue weighted by Crippen LogP contribution is -2.71. The Morgan fingerprint density at radius 1 is 0.471 bits per heavy atom. The molecule has 3 heterocycles. The summed E-state index contributed by atoms with van der Waals surface area (Å²) in [6.45, 7) is 2.97. The van der Waals surface area contributed by atoms with Gasteiger partial charge in [-0.1, -0.05) is 0 Å². The molecule has 3 rings (SSSR count). The van der Waals surface area contributed by atoms with Crippen LogP contribution in [0, 0.1) is 0 Å². The highest BCUT2D eigenvalue weighted by molar-refractivity contribution is 5.18. The first kappa shape index (κ1) is 11.8. The van der Waals surface area contributed by atoms with Gasteiger partial charge in [0, 0.05) is 0 Å². The molecule has 6 nitrogen and oxygen atoms in total. The van der Waals surface area contributed by atoms with Crippen LogP contribution in [0.25, 0.3) is 0 Å². The molecule has 0 aromatic heterocycles. The van der Waals surface area contributed by atoms with Crippen molar-refractivity contribution in [1.29, 1.82) is 0 Å². The Morgan fingerprint density at radius 2 is 0.647 bits per heavy atom. The Hall–Kier alpha value is -0.240. The lowest BCUT2D eigenvalue weighted by atomic mass is 10.1. The van der Waals surface area contributed by atoms with Crippen LogP contribution in [0.3, 0.4) is 0 Å². The second-order valence-corrected chi connectivity index (χ2v) is 5.88. The zero-order valence-corrected chi connectivity index (χ0v) is 11.8. The SMILES string of the molecule is CN1CN(C)C23N(C)CN(C)C12N(C)CN3C. The maximum absolute atomic E-state index is 2.46. The van der Waals surface area contributed by atoms with Crippen LogP contribution < -0.4 is 0 Å². The lowest BCUT2D eigenvalue weighted by Gasteiger charge is -2.47. The number of nitrogens with zero attached hydrogens (tertiary/aromatic N) is 6. The zero-order valence-electron chi connectivity index (χ0n) is 11.8. The molecule has 0 spiro atoms. The highest BCUT2D eigenvalue weighted by Gasteiger charge is 2.76. The summed E-state index contributed by atoms with van der Waals surface area (Å²) in [5.41, 5.74) is 0. The van der Waals surface area contributed by atoms with E-state index in [4.69, 9.17) is 0 Å². The number of hydrogen-bond donors (Lipinski definition) is 0. The summed E-state index contributed by atoms with van der Waals surface area (Å²) >= 11 is 0. The molecule has 0 amide bonds. The van der Waals surface area contributed by atoms with Crippen LogP contribution in [0.5, 0.6) is 0 Å². The molecule has 0 aromatic carbocycles. The van der Waals surface area contributed by atoms with Gasteiger partial charge in [0.05, 0.1) is 20.0 Å². The van der Waals surface area contributed by atoms with Gasteiger partial charge in [0.2, 0.25) is 0 Å². The molecule has 17 heavy (non-hydrogen) atoms. The molecule has 0 N–H and O–H groups in total. The minimum absolute atomic E-state index is 0.0365. The molecule has 98 valence electrons. The summed E-state index contributed by atoms with van der Waals surface area (Å²) in [6.07, 6.45) is 0. The van der Waals surface area contributed by atoms with E-state index < -0.39 is 0 Å². The third kappa shape index (κ3) is 0.926. The van der Waals surface area contributed by atoms with E-state index in [-0.39, 0.29) is 11.6 Å². The molecule has 3 aliphatic rings. The minimum atomic E-state index is -0.0365. The maximum Gasteiger partial charge on any atom is 0.181 e. The Balaban J connectivity index is 2.23. The fraction of sp³-hybridized carbons (Fsp3) is 1.00. The molecule has 0 unspecified atom stereocenters. The van der Waals surface area contributed by atoms with E-state index in [2.05, 4.69) is 71.7 Å². The molecular weight excluding hydrogens is 216 g/mol. The van der Waals surface area contributed by atoms with E-state index in [9.17, 15) is 0 Å². The Kier molecular flexibility index (Phi) is 2.23. The van der Waals surface area contributed by atoms with Gasteiger partial charge < -0.3 is 0 Å². The zero-order chi connectivity index (χ0) is 12.6. The second kappa shape index (κ2) is 3.20. The molecule has 6 heteroatoms. The molecule has 3 saturated heterocycles. The van der Waals surface area contributed by atoms with Gasteiger partial charge in [0.15, 0.2) is 11.6 Å². The van der Waals surface area contributed by atoms with E-state index in [1.54, 1.807) is 0 Å². The van der Waals surface area contributed by atoms with Crippen molar-refractivity contribution in [3.63, 3.8) is 0 Å². The van der Waals surface area contributed by atoms with Crippen molar-refractivity contribution in [2.75, 3.05) is 62.3 Å². The molecule has 0 atom stereocenters. The second-order valence-electron chi connectivity index (χ2n) is 5.88. The first-order valence-corrected chi connectivity index (χ1v) is 6.17. The Morgan fingerprint density at radius 3 is 0.824 bits per heavy atom. The lowest BCUT2D eigenvalue weighted by molar-refractivity contribution is -0.124. The van der Waals surface area contributed by atoms with Gasteiger partial charge in [0.1, 0.15) is 0 Å². The van der Waals surface area contributed by atoms with Gasteiger partial charge in [-0.05, 0) is 42.3 Å². The molecular formula is C11H24N6. The first-order valence-electron chi connectivity index (χ1n) is 6.17. The average molecular weight is 240 g/mol. The van der Waals surface area contributed by atoms with Gasteiger partial charge in [0.25, 0.3) is 0 Å². The summed E-state index contributed by atoms with van der Waals surface area (Å²) in [4.78, 5) is 14.8. The van der Waals surface area contributed by atoms with E-state index in [0.717, 1.165) is 20.0 Å². The van der Waals surface area contributed by atoms with Crippen molar-refractivity contribution in [3.8, 4) is 0 Å². The number of hydrogen-bond acceptors (Lipinski definition) is 6. The van der Waals surface area contributed by atoms with Crippen molar-refractivity contribution >= 4 is 0 Å². The predicted octanol–water partition coefficient (Wildman–Crippen LogP) is -1.20. The van der Waals surface area contributed by atoms with Crippen LogP contribution in [-0.2, 0) is 0 Å². The average Bonchev–Trinajstić information content (AvgIpc) is 2.70. The van der Waals surface area contributed by atoms with E-state index in [1.807, 2.05) is 0 Å².